The van der Waals surface area contributed by atoms with Gasteiger partial charge in [-0.3, -0.25) is 4.90 Å². The molecule has 3 heterocycles. The predicted octanol–water partition coefficient (Wildman–Crippen LogP) is 4.07. The van der Waals surface area contributed by atoms with E-state index in [1.165, 1.54) is 15.8 Å². The lowest BCUT2D eigenvalue weighted by Gasteiger charge is -2.48. The fourth-order valence-electron chi connectivity index (χ4n) is 4.09. The van der Waals surface area contributed by atoms with Gasteiger partial charge < -0.3 is 9.64 Å². The molecule has 2 aromatic rings. The second-order valence-corrected chi connectivity index (χ2v) is 8.63. The van der Waals surface area contributed by atoms with Crippen molar-refractivity contribution in [1.29, 1.82) is 0 Å². The first-order valence-corrected chi connectivity index (χ1v) is 9.86. The van der Waals surface area contributed by atoms with Gasteiger partial charge in [0.05, 0.1) is 12.2 Å². The molecule has 0 aliphatic carbocycles. The molecule has 4 rings (SSSR count). The number of thiophene rings is 1. The molecule has 2 saturated heterocycles. The van der Waals surface area contributed by atoms with Gasteiger partial charge in [0.2, 0.25) is 0 Å². The van der Waals surface area contributed by atoms with Crippen molar-refractivity contribution >= 4 is 17.0 Å². The molecule has 2 fully saturated rings. The fourth-order valence-corrected chi connectivity index (χ4v) is 5.02. The largest absolute Gasteiger partial charge is 0.370 e. The van der Waals surface area contributed by atoms with Crippen LogP contribution in [0, 0.1) is 12.7 Å². The molecule has 1 aromatic carbocycles. The summed E-state index contributed by atoms with van der Waals surface area (Å²) in [4.78, 5) is 7.59. The zero-order valence-corrected chi connectivity index (χ0v) is 15.5. The molecule has 0 unspecified atom stereocenters. The number of nitrogens with zero attached hydrogens (tertiary/aromatic N) is 2. The summed E-state index contributed by atoms with van der Waals surface area (Å²) in [6.45, 7) is 7.70. The molecule has 2 aliphatic heterocycles. The molecule has 0 saturated carbocycles. The number of ether oxygens (including phenoxy) is 1. The lowest BCUT2D eigenvalue weighted by atomic mass is 9.90. The lowest BCUT2D eigenvalue weighted by Crippen LogP contribution is -2.59. The van der Waals surface area contributed by atoms with E-state index in [4.69, 9.17) is 4.74 Å². The van der Waals surface area contributed by atoms with Crippen molar-refractivity contribution < 1.29 is 9.13 Å². The maximum atomic E-state index is 13.6. The molecule has 25 heavy (non-hydrogen) atoms. The highest BCUT2D eigenvalue weighted by Gasteiger charge is 2.40. The topological polar surface area (TPSA) is 15.7 Å². The van der Waals surface area contributed by atoms with E-state index in [1.54, 1.807) is 12.1 Å². The Morgan fingerprint density at radius 1 is 1.20 bits per heavy atom. The van der Waals surface area contributed by atoms with E-state index in [1.807, 2.05) is 17.4 Å². The van der Waals surface area contributed by atoms with Gasteiger partial charge in [0.25, 0.3) is 0 Å². The first kappa shape index (κ1) is 17.0. The van der Waals surface area contributed by atoms with Crippen LogP contribution in [0.15, 0.2) is 36.4 Å². The Morgan fingerprint density at radius 3 is 2.92 bits per heavy atom. The molecule has 5 heteroatoms. The van der Waals surface area contributed by atoms with Gasteiger partial charge in [-0.05, 0) is 50.1 Å². The van der Waals surface area contributed by atoms with Crippen LogP contribution in [-0.4, -0.2) is 43.3 Å². The van der Waals surface area contributed by atoms with Gasteiger partial charge in [-0.2, -0.15) is 0 Å². The third-order valence-electron chi connectivity index (χ3n) is 5.22. The van der Waals surface area contributed by atoms with Gasteiger partial charge in [-0.25, -0.2) is 4.39 Å². The van der Waals surface area contributed by atoms with Crippen molar-refractivity contribution in [1.82, 2.24) is 4.90 Å². The predicted molar refractivity (Wildman–Crippen MR) is 101 cm³/mol. The van der Waals surface area contributed by atoms with Gasteiger partial charge in [-0.1, -0.05) is 6.07 Å². The molecule has 0 bridgehead atoms. The van der Waals surface area contributed by atoms with Crippen LogP contribution in [0.4, 0.5) is 10.1 Å². The number of hydrogen-bond donors (Lipinski definition) is 0. The number of aryl methyl sites for hydroxylation is 1. The fraction of sp³-hybridized carbons (Fsp3) is 0.500. The van der Waals surface area contributed by atoms with Crippen molar-refractivity contribution in [3.05, 3.63) is 52.0 Å². The molecular formula is C20H25FN2OS. The molecule has 1 aromatic heterocycles. The van der Waals surface area contributed by atoms with Crippen molar-refractivity contribution in [2.24, 2.45) is 0 Å². The van der Waals surface area contributed by atoms with Crippen LogP contribution in [0.2, 0.25) is 0 Å². The van der Waals surface area contributed by atoms with Crippen LogP contribution < -0.4 is 4.90 Å². The van der Waals surface area contributed by atoms with Gasteiger partial charge in [0, 0.05) is 48.2 Å². The Kier molecular flexibility index (Phi) is 4.80. The zero-order valence-electron chi connectivity index (χ0n) is 14.7. The van der Waals surface area contributed by atoms with Crippen LogP contribution in [-0.2, 0) is 11.3 Å². The van der Waals surface area contributed by atoms with Crippen molar-refractivity contribution in [3.8, 4) is 0 Å². The average molecular weight is 360 g/mol. The highest BCUT2D eigenvalue weighted by atomic mass is 32.1. The number of benzene rings is 1. The van der Waals surface area contributed by atoms with E-state index < -0.39 is 0 Å². The molecule has 2 aliphatic rings. The number of halogens is 1. The van der Waals surface area contributed by atoms with E-state index in [0.717, 1.165) is 57.9 Å². The van der Waals surface area contributed by atoms with Crippen molar-refractivity contribution in [2.75, 3.05) is 37.7 Å². The summed E-state index contributed by atoms with van der Waals surface area (Å²) in [5, 5.41) is 0. The smallest absolute Gasteiger partial charge is 0.125 e. The SMILES string of the molecule is Cc1ccc(CN2CCO[C@]3(CCCN(c4cccc(F)c4)C3)C2)s1. The quantitative estimate of drug-likeness (QED) is 0.821. The summed E-state index contributed by atoms with van der Waals surface area (Å²) >= 11 is 1.88. The summed E-state index contributed by atoms with van der Waals surface area (Å²) in [5.41, 5.74) is 0.837. The van der Waals surface area contributed by atoms with Crippen LogP contribution in [0.25, 0.3) is 0 Å². The third kappa shape index (κ3) is 3.89. The van der Waals surface area contributed by atoms with Crippen molar-refractivity contribution in [2.45, 2.75) is 31.9 Å². The number of rotatable bonds is 3. The minimum absolute atomic E-state index is 0.130. The highest BCUT2D eigenvalue weighted by Crippen LogP contribution is 2.32. The van der Waals surface area contributed by atoms with Gasteiger partial charge in [0.1, 0.15) is 5.82 Å². The number of anilines is 1. The van der Waals surface area contributed by atoms with Gasteiger partial charge >= 0.3 is 0 Å². The minimum Gasteiger partial charge on any atom is -0.370 e. The molecule has 3 nitrogen and oxygen atoms in total. The average Bonchev–Trinajstić information content (AvgIpc) is 3.00. The van der Waals surface area contributed by atoms with Crippen molar-refractivity contribution in [3.63, 3.8) is 0 Å². The monoisotopic (exact) mass is 360 g/mol. The molecule has 1 atom stereocenters. The summed E-state index contributed by atoms with van der Waals surface area (Å²) < 4.78 is 19.9. The minimum atomic E-state index is -0.170. The molecule has 1 spiro atoms. The Labute approximate surface area is 153 Å². The zero-order chi connectivity index (χ0) is 17.3. The second kappa shape index (κ2) is 7.06. The number of morpholine rings is 1. The molecular weight excluding hydrogens is 335 g/mol. The Balaban J connectivity index is 1.46. The van der Waals surface area contributed by atoms with E-state index in [0.29, 0.717) is 0 Å². The highest BCUT2D eigenvalue weighted by molar-refractivity contribution is 7.11. The van der Waals surface area contributed by atoms with Crippen LogP contribution >= 0.6 is 11.3 Å². The van der Waals surface area contributed by atoms with Gasteiger partial charge in [0.15, 0.2) is 0 Å². The molecule has 0 N–H and O–H groups in total. The van der Waals surface area contributed by atoms with Crippen LogP contribution in [0.3, 0.4) is 0 Å². The maximum absolute atomic E-state index is 13.6. The number of hydrogen-bond acceptors (Lipinski definition) is 4. The van der Waals surface area contributed by atoms with E-state index >= 15 is 0 Å². The van der Waals surface area contributed by atoms with E-state index in [-0.39, 0.29) is 11.4 Å². The third-order valence-corrected chi connectivity index (χ3v) is 6.20. The summed E-state index contributed by atoms with van der Waals surface area (Å²) in [5.74, 6) is -0.170. The van der Waals surface area contributed by atoms with Crippen LogP contribution in [0.1, 0.15) is 22.6 Å². The second-order valence-electron chi connectivity index (χ2n) is 7.26. The van der Waals surface area contributed by atoms with E-state index in [9.17, 15) is 4.39 Å². The lowest BCUT2D eigenvalue weighted by molar-refractivity contribution is -0.116. The summed E-state index contributed by atoms with van der Waals surface area (Å²) in [7, 11) is 0. The van der Waals surface area contributed by atoms with E-state index in [2.05, 4.69) is 28.9 Å². The Hall–Kier alpha value is -1.43. The molecule has 0 amide bonds. The summed E-state index contributed by atoms with van der Waals surface area (Å²) in [6.07, 6.45) is 2.17. The summed E-state index contributed by atoms with van der Waals surface area (Å²) in [6, 6.07) is 11.4. The Bertz CT molecular complexity index is 730. The first-order chi connectivity index (χ1) is 12.1. The van der Waals surface area contributed by atoms with Gasteiger partial charge in [-0.15, -0.1) is 11.3 Å². The normalized spacial score (nSPS) is 24.8. The standard InChI is InChI=1S/C20H25FN2OS/c1-16-6-7-19(25-16)13-22-10-11-24-20(14-22)8-3-9-23(15-20)18-5-2-4-17(21)12-18/h2,4-7,12H,3,8-11,13-15H2,1H3/t20-/m1/s1. The van der Waals surface area contributed by atoms with Crippen LogP contribution in [0.5, 0.6) is 0 Å². The molecule has 134 valence electrons. The Morgan fingerprint density at radius 2 is 2.12 bits per heavy atom. The maximum Gasteiger partial charge on any atom is 0.125 e. The number of piperidine rings is 1. The first-order valence-electron chi connectivity index (χ1n) is 9.04. The molecule has 0 radical (unpaired) electrons.